The lowest BCUT2D eigenvalue weighted by molar-refractivity contribution is -0.153. The quantitative estimate of drug-likeness (QED) is 0.537. The molecule has 4 heterocycles. The largest absolute Gasteiger partial charge is 0.478 e. The fraction of sp³-hybridized carbons (Fsp3) is 0.364. The Balaban J connectivity index is 1.57. The van der Waals surface area contributed by atoms with Crippen LogP contribution in [0.2, 0.25) is 5.02 Å². The van der Waals surface area contributed by atoms with Crippen molar-refractivity contribution in [3.05, 3.63) is 64.2 Å². The molecule has 194 valence electrons. The molecular formula is C22H20ClF4N3O5S. The summed E-state index contributed by atoms with van der Waals surface area (Å²) in [7, 11) is -3.18. The Labute approximate surface area is 208 Å². The molecule has 0 saturated carbocycles. The molecule has 1 saturated heterocycles. The lowest BCUT2D eigenvalue weighted by Crippen LogP contribution is -2.63. The summed E-state index contributed by atoms with van der Waals surface area (Å²) in [5, 5.41) is 2.72. The van der Waals surface area contributed by atoms with Crippen molar-refractivity contribution >= 4 is 27.3 Å². The number of fused-ring (bicyclic) bond motifs is 1. The lowest BCUT2D eigenvalue weighted by atomic mass is 9.99. The molecule has 1 amide bonds. The molecule has 1 aromatic rings. The number of pyridine rings is 1. The van der Waals surface area contributed by atoms with Crippen LogP contribution in [-0.2, 0) is 14.6 Å². The highest BCUT2D eigenvalue weighted by molar-refractivity contribution is 7.93. The highest BCUT2D eigenvalue weighted by Gasteiger charge is 2.46. The summed E-state index contributed by atoms with van der Waals surface area (Å²) in [6, 6.07) is 1.06. The number of alkyl halides is 3. The Morgan fingerprint density at radius 2 is 2.03 bits per heavy atom. The number of carbonyl (C=O) groups excluding carboxylic acids is 1. The Hall–Kier alpha value is -3.06. The molecule has 8 nitrogen and oxygen atoms in total. The minimum Gasteiger partial charge on any atom is -0.478 e. The van der Waals surface area contributed by atoms with Gasteiger partial charge in [0, 0.05) is 35.3 Å². The van der Waals surface area contributed by atoms with Crippen LogP contribution in [0, 0.1) is 0 Å². The molecule has 1 aromatic heterocycles. The third kappa shape index (κ3) is 5.67. The number of nitrogens with zero attached hydrogens (tertiary/aromatic N) is 2. The topological polar surface area (TPSA) is 97.8 Å². The molecule has 4 rings (SSSR count). The van der Waals surface area contributed by atoms with E-state index in [1.54, 1.807) is 19.9 Å². The average molecular weight is 550 g/mol. The fourth-order valence-electron chi connectivity index (χ4n) is 4.01. The SMILES string of the molecule is CC1=C(C(=O)NC2(C)CS(=O)(=O)C2)CC=C2C=C(F)C(Oc3ncc(Cl)cc3OCC(F)(F)F)=CN21. The van der Waals surface area contributed by atoms with Crippen LogP contribution in [0.15, 0.2) is 59.2 Å². The second-order valence-electron chi connectivity index (χ2n) is 8.76. The first-order valence-electron chi connectivity index (χ1n) is 10.5. The maximum atomic E-state index is 14.8. The predicted octanol–water partition coefficient (Wildman–Crippen LogP) is 3.93. The summed E-state index contributed by atoms with van der Waals surface area (Å²) in [6.07, 6.45) is 0.606. The highest BCUT2D eigenvalue weighted by atomic mass is 35.5. The van der Waals surface area contributed by atoms with Gasteiger partial charge in [0.2, 0.25) is 5.91 Å². The number of halogens is 5. The van der Waals surface area contributed by atoms with E-state index in [0.29, 0.717) is 17.0 Å². The Bertz CT molecular complexity index is 1340. The van der Waals surface area contributed by atoms with Gasteiger partial charge < -0.3 is 19.7 Å². The number of allylic oxidation sites excluding steroid dienone is 4. The van der Waals surface area contributed by atoms with E-state index in [4.69, 9.17) is 21.1 Å². The lowest BCUT2D eigenvalue weighted by Gasteiger charge is -2.39. The molecule has 0 spiro atoms. The molecule has 0 radical (unpaired) electrons. The molecular weight excluding hydrogens is 530 g/mol. The van der Waals surface area contributed by atoms with Gasteiger partial charge >= 0.3 is 6.18 Å². The molecule has 3 aliphatic heterocycles. The minimum atomic E-state index is -4.64. The van der Waals surface area contributed by atoms with Crippen molar-refractivity contribution in [2.45, 2.75) is 32.0 Å². The summed E-state index contributed by atoms with van der Waals surface area (Å²) in [5.41, 5.74) is 0.287. The van der Waals surface area contributed by atoms with Gasteiger partial charge in [-0.05, 0) is 20.3 Å². The van der Waals surface area contributed by atoms with Crippen molar-refractivity contribution in [1.82, 2.24) is 15.2 Å². The summed E-state index contributed by atoms with van der Waals surface area (Å²) in [4.78, 5) is 18.2. The zero-order chi connectivity index (χ0) is 26.5. The van der Waals surface area contributed by atoms with Crippen LogP contribution in [0.25, 0.3) is 0 Å². The first-order valence-corrected chi connectivity index (χ1v) is 12.7. The van der Waals surface area contributed by atoms with E-state index in [1.807, 2.05) is 0 Å². The number of amides is 1. The molecule has 3 aliphatic rings. The number of nitrogens with one attached hydrogen (secondary N) is 1. The van der Waals surface area contributed by atoms with Gasteiger partial charge in [-0.25, -0.2) is 17.8 Å². The fourth-order valence-corrected chi connectivity index (χ4v) is 6.15. The van der Waals surface area contributed by atoms with Crippen LogP contribution >= 0.6 is 11.6 Å². The van der Waals surface area contributed by atoms with Gasteiger partial charge in [-0.3, -0.25) is 4.79 Å². The molecule has 0 bridgehead atoms. The van der Waals surface area contributed by atoms with E-state index in [0.717, 1.165) is 18.3 Å². The summed E-state index contributed by atoms with van der Waals surface area (Å²) < 4.78 is 85.9. The Morgan fingerprint density at radius 3 is 2.67 bits per heavy atom. The zero-order valence-corrected chi connectivity index (χ0v) is 20.5. The van der Waals surface area contributed by atoms with E-state index in [9.17, 15) is 30.8 Å². The Kier molecular flexibility index (Phi) is 6.58. The number of carbonyl (C=O) groups is 1. The smallest absolute Gasteiger partial charge is 0.422 e. The molecule has 1 N–H and O–H groups in total. The van der Waals surface area contributed by atoms with Crippen LogP contribution in [0.4, 0.5) is 17.6 Å². The van der Waals surface area contributed by atoms with E-state index in [1.165, 1.54) is 11.1 Å². The van der Waals surface area contributed by atoms with Crippen molar-refractivity contribution in [3.8, 4) is 11.6 Å². The van der Waals surface area contributed by atoms with Gasteiger partial charge in [0.25, 0.3) is 5.88 Å². The second kappa shape index (κ2) is 9.11. The maximum absolute atomic E-state index is 14.8. The van der Waals surface area contributed by atoms with E-state index in [2.05, 4.69) is 10.3 Å². The molecule has 0 aromatic carbocycles. The third-order valence-electron chi connectivity index (χ3n) is 5.50. The van der Waals surface area contributed by atoms with Crippen LogP contribution < -0.4 is 14.8 Å². The van der Waals surface area contributed by atoms with E-state index in [-0.39, 0.29) is 22.9 Å². The molecule has 1 fully saturated rings. The average Bonchev–Trinajstić information content (AvgIpc) is 2.72. The highest BCUT2D eigenvalue weighted by Crippen LogP contribution is 2.37. The van der Waals surface area contributed by atoms with Gasteiger partial charge in [-0.1, -0.05) is 17.7 Å². The van der Waals surface area contributed by atoms with Crippen molar-refractivity contribution < 1.29 is 40.2 Å². The number of aromatic nitrogens is 1. The van der Waals surface area contributed by atoms with Crippen molar-refractivity contribution in [2.75, 3.05) is 18.1 Å². The molecule has 0 unspecified atom stereocenters. The van der Waals surface area contributed by atoms with Crippen LogP contribution in [0.5, 0.6) is 11.6 Å². The number of ether oxygens (including phenoxy) is 2. The second-order valence-corrected chi connectivity index (χ2v) is 11.3. The van der Waals surface area contributed by atoms with Gasteiger partial charge in [0.1, 0.15) is 0 Å². The molecule has 14 heteroatoms. The molecule has 0 aliphatic carbocycles. The number of sulfone groups is 1. The molecule has 36 heavy (non-hydrogen) atoms. The van der Waals surface area contributed by atoms with Gasteiger partial charge in [0.15, 0.2) is 33.8 Å². The third-order valence-corrected chi connectivity index (χ3v) is 7.86. The van der Waals surface area contributed by atoms with Crippen LogP contribution in [0.3, 0.4) is 0 Å². The standard InChI is InChI=1S/C22H20ClF4N3O5S/c1-12-15(19(31)29-21(2)10-36(32,33)11-21)4-3-14-6-16(24)18(8-30(12)14)35-20-17(5-13(23)7-28-20)34-9-22(25,26)27/h3,5-8H,4,9-11H2,1-2H3,(H,29,31). The van der Waals surface area contributed by atoms with E-state index >= 15 is 0 Å². The van der Waals surface area contributed by atoms with E-state index < -0.39 is 57.3 Å². The van der Waals surface area contributed by atoms with Gasteiger partial charge in [-0.2, -0.15) is 13.2 Å². The number of hydrogen-bond donors (Lipinski definition) is 1. The van der Waals surface area contributed by atoms with Crippen molar-refractivity contribution in [3.63, 3.8) is 0 Å². The normalized spacial score (nSPS) is 20.4. The first-order chi connectivity index (χ1) is 16.6. The van der Waals surface area contributed by atoms with Gasteiger partial charge in [-0.15, -0.1) is 0 Å². The number of hydrogen-bond acceptors (Lipinski definition) is 7. The summed E-state index contributed by atoms with van der Waals surface area (Å²) in [5.74, 6) is -2.90. The van der Waals surface area contributed by atoms with Gasteiger partial charge in [0.05, 0.1) is 28.3 Å². The number of rotatable bonds is 6. The van der Waals surface area contributed by atoms with Crippen LogP contribution in [-0.4, -0.2) is 54.0 Å². The predicted molar refractivity (Wildman–Crippen MR) is 121 cm³/mol. The monoisotopic (exact) mass is 549 g/mol. The van der Waals surface area contributed by atoms with Crippen LogP contribution in [0.1, 0.15) is 20.3 Å². The summed E-state index contributed by atoms with van der Waals surface area (Å²) >= 11 is 5.80. The minimum absolute atomic E-state index is 0.0168. The first kappa shape index (κ1) is 26.0. The Morgan fingerprint density at radius 1 is 1.33 bits per heavy atom. The summed E-state index contributed by atoms with van der Waals surface area (Å²) in [6.45, 7) is 1.61. The molecule has 0 atom stereocenters. The van der Waals surface area contributed by atoms with Crippen molar-refractivity contribution in [1.29, 1.82) is 0 Å². The maximum Gasteiger partial charge on any atom is 0.422 e. The van der Waals surface area contributed by atoms with Crippen molar-refractivity contribution in [2.24, 2.45) is 0 Å². The zero-order valence-electron chi connectivity index (χ0n) is 18.9.